The van der Waals surface area contributed by atoms with Crippen molar-refractivity contribution in [3.63, 3.8) is 0 Å². The molecular weight excluding hydrogens is 877 g/mol. The smallest absolute Gasteiger partial charge is 0.306 e. The van der Waals surface area contributed by atoms with Crippen LogP contribution in [0.25, 0.3) is 0 Å². The minimum Gasteiger partial charge on any atom is -0.457 e. The first-order valence-corrected chi connectivity index (χ1v) is 31.1. The SMILES string of the molecule is CCCCCCCCCCCCCCCCCCCCCCCCCCCOCC(COC1OC(CO)C(O)C(O)C1O)OC(=O)CCCCCCCCCCCCCCCCCCCCCCCC. The Hall–Kier alpha value is -0.810. The van der Waals surface area contributed by atoms with Crippen molar-refractivity contribution in [2.75, 3.05) is 26.4 Å². The maximum absolute atomic E-state index is 12.9. The van der Waals surface area contributed by atoms with Crippen molar-refractivity contribution in [1.82, 2.24) is 0 Å². The Morgan fingerprint density at radius 2 is 0.700 bits per heavy atom. The molecule has 1 aliphatic rings. The van der Waals surface area contributed by atoms with E-state index in [4.69, 9.17) is 18.9 Å². The summed E-state index contributed by atoms with van der Waals surface area (Å²) in [5.41, 5.74) is 0. The number of carbonyl (C=O) groups is 1. The first-order valence-electron chi connectivity index (χ1n) is 31.1. The summed E-state index contributed by atoms with van der Waals surface area (Å²) in [5.74, 6) is -0.302. The molecule has 70 heavy (non-hydrogen) atoms. The van der Waals surface area contributed by atoms with Crippen LogP contribution >= 0.6 is 0 Å². The van der Waals surface area contributed by atoms with E-state index in [2.05, 4.69) is 13.8 Å². The van der Waals surface area contributed by atoms with Crippen LogP contribution in [-0.4, -0.2) is 89.6 Å². The maximum atomic E-state index is 12.9. The molecule has 0 aromatic carbocycles. The number of aliphatic hydroxyl groups is 4. The van der Waals surface area contributed by atoms with Gasteiger partial charge in [0.15, 0.2) is 6.29 Å². The zero-order valence-electron chi connectivity index (χ0n) is 46.6. The predicted molar refractivity (Wildman–Crippen MR) is 293 cm³/mol. The van der Waals surface area contributed by atoms with Gasteiger partial charge in [-0.1, -0.05) is 303 Å². The Balaban J connectivity index is 2.09. The van der Waals surface area contributed by atoms with Gasteiger partial charge in [0.2, 0.25) is 0 Å². The van der Waals surface area contributed by atoms with Crippen LogP contribution in [0.4, 0.5) is 0 Å². The highest BCUT2D eigenvalue weighted by molar-refractivity contribution is 5.69. The third kappa shape index (κ3) is 42.5. The van der Waals surface area contributed by atoms with Gasteiger partial charge in [0.05, 0.1) is 19.8 Å². The predicted octanol–water partition coefficient (Wildman–Crippen LogP) is 16.5. The summed E-state index contributed by atoms with van der Waals surface area (Å²) in [7, 11) is 0. The van der Waals surface area contributed by atoms with Gasteiger partial charge in [0.25, 0.3) is 0 Å². The minimum atomic E-state index is -1.53. The van der Waals surface area contributed by atoms with E-state index < -0.39 is 43.4 Å². The van der Waals surface area contributed by atoms with Gasteiger partial charge < -0.3 is 39.4 Å². The van der Waals surface area contributed by atoms with E-state index in [0.717, 1.165) is 32.1 Å². The number of hydrogen-bond acceptors (Lipinski definition) is 9. The molecule has 1 fully saturated rings. The highest BCUT2D eigenvalue weighted by atomic mass is 16.7. The van der Waals surface area contributed by atoms with Gasteiger partial charge in [-0.2, -0.15) is 0 Å². The zero-order valence-corrected chi connectivity index (χ0v) is 46.6. The van der Waals surface area contributed by atoms with Gasteiger partial charge >= 0.3 is 5.97 Å². The van der Waals surface area contributed by atoms with E-state index in [1.807, 2.05) is 0 Å². The quantitative estimate of drug-likeness (QED) is 0.0347. The van der Waals surface area contributed by atoms with Crippen molar-refractivity contribution in [1.29, 1.82) is 0 Å². The Labute approximate surface area is 433 Å². The average Bonchev–Trinajstić information content (AvgIpc) is 3.36. The van der Waals surface area contributed by atoms with Crippen LogP contribution in [0.2, 0.25) is 0 Å². The number of aliphatic hydroxyl groups excluding tert-OH is 4. The highest BCUT2D eigenvalue weighted by Crippen LogP contribution is 2.23. The fraction of sp³-hybridized carbons (Fsp3) is 0.984. The van der Waals surface area contributed by atoms with Crippen LogP contribution in [-0.2, 0) is 23.7 Å². The van der Waals surface area contributed by atoms with Crippen LogP contribution in [0.5, 0.6) is 0 Å². The number of ether oxygens (including phenoxy) is 4. The molecule has 1 saturated heterocycles. The first-order chi connectivity index (χ1) is 34.4. The Bertz CT molecular complexity index is 1040. The van der Waals surface area contributed by atoms with E-state index in [-0.39, 0.29) is 19.2 Å². The zero-order chi connectivity index (χ0) is 50.6. The van der Waals surface area contributed by atoms with Crippen molar-refractivity contribution >= 4 is 5.97 Å². The molecule has 0 amide bonds. The summed E-state index contributed by atoms with van der Waals surface area (Å²) in [6.45, 7) is 4.66. The van der Waals surface area contributed by atoms with E-state index in [9.17, 15) is 25.2 Å². The van der Waals surface area contributed by atoms with Crippen molar-refractivity contribution in [3.8, 4) is 0 Å². The van der Waals surface area contributed by atoms with E-state index >= 15 is 0 Å². The van der Waals surface area contributed by atoms with E-state index in [0.29, 0.717) is 13.0 Å². The monoisotopic (exact) mass is 997 g/mol. The average molecular weight is 998 g/mol. The van der Waals surface area contributed by atoms with E-state index in [1.165, 1.54) is 270 Å². The van der Waals surface area contributed by atoms with Crippen LogP contribution in [0.1, 0.15) is 322 Å². The van der Waals surface area contributed by atoms with Gasteiger partial charge in [-0.15, -0.1) is 0 Å². The molecule has 1 aliphatic heterocycles. The number of rotatable bonds is 56. The Morgan fingerprint density at radius 1 is 0.400 bits per heavy atom. The third-order valence-corrected chi connectivity index (χ3v) is 15.0. The van der Waals surface area contributed by atoms with Crippen LogP contribution in [0.3, 0.4) is 0 Å². The summed E-state index contributed by atoms with van der Waals surface area (Å²) in [5, 5.41) is 40.4. The van der Waals surface area contributed by atoms with Crippen molar-refractivity contribution in [3.05, 3.63) is 0 Å². The van der Waals surface area contributed by atoms with Crippen molar-refractivity contribution in [2.24, 2.45) is 0 Å². The molecule has 0 aliphatic carbocycles. The topological polar surface area (TPSA) is 135 Å². The fourth-order valence-corrected chi connectivity index (χ4v) is 10.2. The second-order valence-electron chi connectivity index (χ2n) is 21.9. The number of esters is 1. The standard InChI is InChI=1S/C61H120O9/c1-3-5-7-9-11-13-15-17-19-21-23-25-27-28-29-31-33-35-37-39-41-43-45-47-49-51-67-53-55(54-68-61-60(66)59(65)58(64)56(52-62)70-61)69-57(63)50-48-46-44-42-40-38-36-34-32-30-26-24-22-20-18-16-14-12-10-8-6-4-2/h55-56,58-62,64-66H,3-54H2,1-2H3. The summed E-state index contributed by atoms with van der Waals surface area (Å²) >= 11 is 0. The minimum absolute atomic E-state index is 0.104. The number of carbonyl (C=O) groups excluding carboxylic acids is 1. The lowest BCUT2D eigenvalue weighted by atomic mass is 9.99. The molecule has 9 heteroatoms. The second-order valence-corrected chi connectivity index (χ2v) is 21.9. The molecule has 418 valence electrons. The van der Waals surface area contributed by atoms with Crippen molar-refractivity contribution < 1.29 is 44.2 Å². The molecule has 6 atom stereocenters. The fourth-order valence-electron chi connectivity index (χ4n) is 10.2. The van der Waals surface area contributed by atoms with Gasteiger partial charge in [-0.25, -0.2) is 0 Å². The molecule has 0 radical (unpaired) electrons. The highest BCUT2D eigenvalue weighted by Gasteiger charge is 2.44. The lowest BCUT2D eigenvalue weighted by molar-refractivity contribution is -0.305. The molecule has 9 nitrogen and oxygen atoms in total. The third-order valence-electron chi connectivity index (χ3n) is 15.0. The number of unbranched alkanes of at least 4 members (excludes halogenated alkanes) is 45. The second kappa shape index (κ2) is 53.0. The molecule has 1 heterocycles. The molecule has 4 N–H and O–H groups in total. The summed E-state index contributed by atoms with van der Waals surface area (Å²) in [4.78, 5) is 12.9. The normalized spacial score (nSPS) is 18.7. The lowest BCUT2D eigenvalue weighted by Crippen LogP contribution is -2.59. The summed E-state index contributed by atoms with van der Waals surface area (Å²) in [6.07, 6.45) is 56.0. The van der Waals surface area contributed by atoms with Gasteiger partial charge in [-0.3, -0.25) is 4.79 Å². The molecule has 0 aromatic rings. The first kappa shape index (κ1) is 67.2. The summed E-state index contributed by atoms with van der Waals surface area (Å²) < 4.78 is 23.0. The Morgan fingerprint density at radius 3 is 1.01 bits per heavy atom. The molecular formula is C61H120O9. The van der Waals surface area contributed by atoms with Crippen LogP contribution in [0, 0.1) is 0 Å². The van der Waals surface area contributed by atoms with E-state index in [1.54, 1.807) is 0 Å². The van der Waals surface area contributed by atoms with Crippen molar-refractivity contribution in [2.45, 2.75) is 359 Å². The summed E-state index contributed by atoms with van der Waals surface area (Å²) in [6, 6.07) is 0. The van der Waals surface area contributed by atoms with Gasteiger partial charge in [0.1, 0.15) is 30.5 Å². The maximum Gasteiger partial charge on any atom is 0.306 e. The van der Waals surface area contributed by atoms with Crippen LogP contribution in [0.15, 0.2) is 0 Å². The molecule has 0 saturated carbocycles. The molecule has 0 bridgehead atoms. The molecule has 1 rings (SSSR count). The molecule has 6 unspecified atom stereocenters. The van der Waals surface area contributed by atoms with Gasteiger partial charge in [0, 0.05) is 13.0 Å². The lowest BCUT2D eigenvalue weighted by Gasteiger charge is -2.39. The largest absolute Gasteiger partial charge is 0.457 e. The number of hydrogen-bond donors (Lipinski definition) is 4. The van der Waals surface area contributed by atoms with Gasteiger partial charge in [-0.05, 0) is 12.8 Å². The van der Waals surface area contributed by atoms with Crippen LogP contribution < -0.4 is 0 Å². The molecule has 0 aromatic heterocycles. The molecule has 0 spiro atoms. The Kier molecular flexibility index (Phi) is 50.9.